The Bertz CT molecular complexity index is 798. The van der Waals surface area contributed by atoms with Crippen molar-refractivity contribution >= 4 is 17.4 Å². The monoisotopic (exact) mass is 337 g/mol. The summed E-state index contributed by atoms with van der Waals surface area (Å²) in [5, 5.41) is 3.09. The van der Waals surface area contributed by atoms with Crippen LogP contribution in [0.1, 0.15) is 33.5 Å². The predicted octanol–water partition coefficient (Wildman–Crippen LogP) is 2.97. The molecule has 1 aromatic heterocycles. The zero-order valence-corrected chi connectivity index (χ0v) is 14.5. The molecule has 0 atom stereocenters. The Morgan fingerprint density at radius 1 is 1.16 bits per heavy atom. The van der Waals surface area contributed by atoms with E-state index in [0.29, 0.717) is 13.2 Å². The molecule has 1 N–H and O–H groups in total. The number of morpholine rings is 1. The van der Waals surface area contributed by atoms with E-state index >= 15 is 0 Å². The molecule has 0 saturated carbocycles. The summed E-state index contributed by atoms with van der Waals surface area (Å²) in [5.41, 5.74) is 5.43. The molecule has 5 heteroatoms. The van der Waals surface area contributed by atoms with E-state index in [-0.39, 0.29) is 5.91 Å². The molecule has 1 fully saturated rings. The average molecular weight is 337 g/mol. The Morgan fingerprint density at radius 2 is 1.96 bits per heavy atom. The van der Waals surface area contributed by atoms with Crippen LogP contribution in [0.15, 0.2) is 30.5 Å². The van der Waals surface area contributed by atoms with Gasteiger partial charge in [-0.05, 0) is 61.1 Å². The molecule has 2 heterocycles. The number of ether oxygens (including phenoxy) is 1. The molecule has 25 heavy (non-hydrogen) atoms. The SMILES string of the molecule is Cc1ccc(C(=O)Nc2cccnc2N2CCOCC2)c2c1CCC2. The van der Waals surface area contributed by atoms with E-state index < -0.39 is 0 Å². The first-order chi connectivity index (χ1) is 12.2. The van der Waals surface area contributed by atoms with Crippen LogP contribution < -0.4 is 10.2 Å². The van der Waals surface area contributed by atoms with E-state index in [1.807, 2.05) is 18.2 Å². The first-order valence-corrected chi connectivity index (χ1v) is 8.94. The molecule has 2 aliphatic rings. The van der Waals surface area contributed by atoms with Crippen LogP contribution in [0.25, 0.3) is 0 Å². The number of nitrogens with one attached hydrogen (secondary N) is 1. The molecule has 0 unspecified atom stereocenters. The molecule has 4 rings (SSSR count). The van der Waals surface area contributed by atoms with Gasteiger partial charge in [-0.2, -0.15) is 0 Å². The van der Waals surface area contributed by atoms with Gasteiger partial charge in [-0.25, -0.2) is 4.98 Å². The zero-order valence-electron chi connectivity index (χ0n) is 14.5. The highest BCUT2D eigenvalue weighted by molar-refractivity contribution is 6.07. The lowest BCUT2D eigenvalue weighted by molar-refractivity contribution is 0.102. The standard InChI is InChI=1S/C20H23N3O2/c1-14-7-8-17(16-5-2-4-15(14)16)20(24)22-18-6-3-9-21-19(18)23-10-12-25-13-11-23/h3,6-9H,2,4-5,10-13H2,1H3,(H,22,24). The molecule has 1 aromatic carbocycles. The summed E-state index contributed by atoms with van der Waals surface area (Å²) < 4.78 is 5.42. The van der Waals surface area contributed by atoms with Crippen LogP contribution in [0.3, 0.4) is 0 Å². The maximum absolute atomic E-state index is 12.9. The molecule has 130 valence electrons. The van der Waals surface area contributed by atoms with Gasteiger partial charge in [0.15, 0.2) is 5.82 Å². The number of fused-ring (bicyclic) bond motifs is 1. The molecule has 0 bridgehead atoms. The second-order valence-corrected chi connectivity index (χ2v) is 6.67. The summed E-state index contributed by atoms with van der Waals surface area (Å²) in [6.45, 7) is 5.09. The van der Waals surface area contributed by atoms with E-state index in [4.69, 9.17) is 4.74 Å². The third-order valence-corrected chi connectivity index (χ3v) is 5.11. The number of hydrogen-bond acceptors (Lipinski definition) is 4. The first-order valence-electron chi connectivity index (χ1n) is 8.94. The van der Waals surface area contributed by atoms with Crippen LogP contribution in [0.5, 0.6) is 0 Å². The highest BCUT2D eigenvalue weighted by atomic mass is 16.5. The highest BCUT2D eigenvalue weighted by Crippen LogP contribution is 2.30. The average Bonchev–Trinajstić information content (AvgIpc) is 3.14. The minimum atomic E-state index is -0.0411. The number of rotatable bonds is 3. The number of carbonyl (C=O) groups excluding carboxylic acids is 1. The minimum absolute atomic E-state index is 0.0411. The van der Waals surface area contributed by atoms with Crippen LogP contribution in [0.2, 0.25) is 0 Å². The van der Waals surface area contributed by atoms with Gasteiger partial charge in [0.05, 0.1) is 18.9 Å². The number of aromatic nitrogens is 1. The molecule has 1 aliphatic carbocycles. The summed E-state index contributed by atoms with van der Waals surface area (Å²) in [6, 6.07) is 7.80. The van der Waals surface area contributed by atoms with Crippen LogP contribution >= 0.6 is 0 Å². The smallest absolute Gasteiger partial charge is 0.256 e. The fourth-order valence-corrected chi connectivity index (χ4v) is 3.81. The predicted molar refractivity (Wildman–Crippen MR) is 98.4 cm³/mol. The molecular formula is C20H23N3O2. The topological polar surface area (TPSA) is 54.5 Å². The number of anilines is 2. The van der Waals surface area contributed by atoms with Gasteiger partial charge in [0.2, 0.25) is 0 Å². The van der Waals surface area contributed by atoms with Gasteiger partial charge in [0, 0.05) is 24.8 Å². The number of pyridine rings is 1. The van der Waals surface area contributed by atoms with E-state index in [0.717, 1.165) is 49.4 Å². The molecule has 5 nitrogen and oxygen atoms in total. The normalized spacial score (nSPS) is 16.6. The van der Waals surface area contributed by atoms with Crippen molar-refractivity contribution in [3.63, 3.8) is 0 Å². The van der Waals surface area contributed by atoms with Gasteiger partial charge >= 0.3 is 0 Å². The van der Waals surface area contributed by atoms with Gasteiger partial charge in [-0.15, -0.1) is 0 Å². The van der Waals surface area contributed by atoms with Gasteiger partial charge < -0.3 is 15.0 Å². The van der Waals surface area contributed by atoms with Gasteiger partial charge in [0.1, 0.15) is 0 Å². The summed E-state index contributed by atoms with van der Waals surface area (Å²) in [7, 11) is 0. The largest absolute Gasteiger partial charge is 0.378 e. The number of benzene rings is 1. The van der Waals surface area contributed by atoms with Crippen molar-refractivity contribution in [2.45, 2.75) is 26.2 Å². The maximum atomic E-state index is 12.9. The summed E-state index contributed by atoms with van der Waals surface area (Å²) in [6.07, 6.45) is 4.97. The third-order valence-electron chi connectivity index (χ3n) is 5.11. The van der Waals surface area contributed by atoms with Crippen LogP contribution in [-0.2, 0) is 17.6 Å². The lowest BCUT2D eigenvalue weighted by Gasteiger charge is -2.29. The Kier molecular flexibility index (Phi) is 4.40. The molecular weight excluding hydrogens is 314 g/mol. The van der Waals surface area contributed by atoms with Gasteiger partial charge in [-0.1, -0.05) is 6.07 Å². The molecule has 1 amide bonds. The number of hydrogen-bond donors (Lipinski definition) is 1. The molecule has 0 spiro atoms. The highest BCUT2D eigenvalue weighted by Gasteiger charge is 2.22. The van der Waals surface area contributed by atoms with Gasteiger partial charge in [-0.3, -0.25) is 4.79 Å². The number of aryl methyl sites for hydroxylation is 1. The Labute approximate surface area is 148 Å². The molecule has 1 aliphatic heterocycles. The van der Waals surface area contributed by atoms with Crippen molar-refractivity contribution in [1.29, 1.82) is 0 Å². The summed E-state index contributed by atoms with van der Waals surface area (Å²) in [4.78, 5) is 19.6. The van der Waals surface area contributed by atoms with Crippen molar-refractivity contribution in [2.75, 3.05) is 36.5 Å². The molecule has 1 saturated heterocycles. The van der Waals surface area contributed by atoms with Crippen LogP contribution in [-0.4, -0.2) is 37.2 Å². The van der Waals surface area contributed by atoms with Crippen molar-refractivity contribution in [3.8, 4) is 0 Å². The molecule has 2 aromatic rings. The second kappa shape index (κ2) is 6.84. The summed E-state index contributed by atoms with van der Waals surface area (Å²) in [5.74, 6) is 0.781. The van der Waals surface area contributed by atoms with Crippen molar-refractivity contribution in [1.82, 2.24) is 4.98 Å². The van der Waals surface area contributed by atoms with Crippen molar-refractivity contribution < 1.29 is 9.53 Å². The summed E-state index contributed by atoms with van der Waals surface area (Å²) >= 11 is 0. The van der Waals surface area contributed by atoms with Crippen LogP contribution in [0.4, 0.5) is 11.5 Å². The number of carbonyl (C=O) groups is 1. The number of nitrogens with zero attached hydrogens (tertiary/aromatic N) is 2. The van der Waals surface area contributed by atoms with E-state index in [1.165, 1.54) is 16.7 Å². The maximum Gasteiger partial charge on any atom is 0.256 e. The lowest BCUT2D eigenvalue weighted by atomic mass is 9.98. The fraction of sp³-hybridized carbons (Fsp3) is 0.400. The lowest BCUT2D eigenvalue weighted by Crippen LogP contribution is -2.37. The Balaban J connectivity index is 1.61. The molecule has 0 radical (unpaired) electrons. The third kappa shape index (κ3) is 3.12. The van der Waals surface area contributed by atoms with E-state index in [2.05, 4.69) is 28.2 Å². The van der Waals surface area contributed by atoms with Gasteiger partial charge in [0.25, 0.3) is 5.91 Å². The zero-order chi connectivity index (χ0) is 17.2. The quantitative estimate of drug-likeness (QED) is 0.935. The van der Waals surface area contributed by atoms with Crippen LogP contribution in [0, 0.1) is 6.92 Å². The fourth-order valence-electron chi connectivity index (χ4n) is 3.81. The van der Waals surface area contributed by atoms with Crippen molar-refractivity contribution in [2.24, 2.45) is 0 Å². The first kappa shape index (κ1) is 16.1. The Morgan fingerprint density at radius 3 is 2.80 bits per heavy atom. The van der Waals surface area contributed by atoms with Crippen molar-refractivity contribution in [3.05, 3.63) is 52.7 Å². The minimum Gasteiger partial charge on any atom is -0.378 e. The second-order valence-electron chi connectivity index (χ2n) is 6.67. The Hall–Kier alpha value is -2.40. The van der Waals surface area contributed by atoms with E-state index in [9.17, 15) is 4.79 Å². The number of amides is 1. The van der Waals surface area contributed by atoms with E-state index in [1.54, 1.807) is 6.20 Å².